The summed E-state index contributed by atoms with van der Waals surface area (Å²) < 4.78 is 8.43. The molecular weight excluding hydrogens is 270 g/mol. The molecule has 0 aliphatic heterocycles. The maximum Gasteiger partial charge on any atom is 0.261 e. The Balaban J connectivity index is 2.20. The van der Waals surface area contributed by atoms with E-state index in [4.69, 9.17) is 4.74 Å². The number of ether oxygens (including phenoxy) is 1. The number of para-hydroxylation sites is 1. The van der Waals surface area contributed by atoms with Crippen molar-refractivity contribution in [3.8, 4) is 5.75 Å². The molecule has 3 aromatic rings. The summed E-state index contributed by atoms with van der Waals surface area (Å²) in [5.41, 5.74) is 0.431. The van der Waals surface area contributed by atoms with Crippen LogP contribution in [0, 0.1) is 0 Å². The monoisotopic (exact) mass is 285 g/mol. The van der Waals surface area contributed by atoms with Crippen LogP contribution in [-0.2, 0) is 7.05 Å². The van der Waals surface area contributed by atoms with E-state index >= 15 is 0 Å². The molecule has 0 spiro atoms. The summed E-state index contributed by atoms with van der Waals surface area (Å²) >= 11 is 0. The van der Waals surface area contributed by atoms with E-state index in [0.717, 1.165) is 0 Å². The standard InChI is InChI=1S/C14H15N5O2/c1-9(13-15-7-17-18(13)2)19-8-16-12-10(14(19)20)5-4-6-11(12)21-3/h4-9H,1-3H3/t9-/m1/s1. The summed E-state index contributed by atoms with van der Waals surface area (Å²) in [6, 6.07) is 5.05. The Hall–Kier alpha value is -2.70. The van der Waals surface area contributed by atoms with Crippen molar-refractivity contribution in [2.24, 2.45) is 7.05 Å². The molecule has 0 bridgehead atoms. The molecule has 0 saturated heterocycles. The maximum atomic E-state index is 12.7. The first kappa shape index (κ1) is 13.3. The van der Waals surface area contributed by atoms with Gasteiger partial charge in [-0.15, -0.1) is 0 Å². The van der Waals surface area contributed by atoms with Gasteiger partial charge in [0.25, 0.3) is 5.56 Å². The van der Waals surface area contributed by atoms with Crippen LogP contribution in [0.15, 0.2) is 35.6 Å². The summed E-state index contributed by atoms with van der Waals surface area (Å²) in [6.45, 7) is 1.89. The minimum Gasteiger partial charge on any atom is -0.494 e. The van der Waals surface area contributed by atoms with Gasteiger partial charge in [-0.2, -0.15) is 5.10 Å². The topological polar surface area (TPSA) is 74.8 Å². The zero-order valence-electron chi connectivity index (χ0n) is 12.0. The molecule has 0 aliphatic carbocycles. The van der Waals surface area contributed by atoms with E-state index in [-0.39, 0.29) is 11.6 Å². The Kier molecular flexibility index (Phi) is 3.17. The van der Waals surface area contributed by atoms with Gasteiger partial charge in [0.2, 0.25) is 0 Å². The quantitative estimate of drug-likeness (QED) is 0.721. The fourth-order valence-corrected chi connectivity index (χ4v) is 2.39. The lowest BCUT2D eigenvalue weighted by Gasteiger charge is -2.14. The van der Waals surface area contributed by atoms with Crippen LogP contribution >= 0.6 is 0 Å². The average Bonchev–Trinajstić information content (AvgIpc) is 2.92. The molecule has 0 saturated carbocycles. The second-order valence-corrected chi connectivity index (χ2v) is 4.73. The van der Waals surface area contributed by atoms with Crippen LogP contribution in [0.1, 0.15) is 18.8 Å². The smallest absolute Gasteiger partial charge is 0.261 e. The van der Waals surface area contributed by atoms with Crippen LogP contribution < -0.4 is 10.3 Å². The molecule has 21 heavy (non-hydrogen) atoms. The third-order valence-corrected chi connectivity index (χ3v) is 3.53. The number of hydrogen-bond acceptors (Lipinski definition) is 5. The lowest BCUT2D eigenvalue weighted by Crippen LogP contribution is -2.26. The normalized spacial score (nSPS) is 12.5. The van der Waals surface area contributed by atoms with Crippen molar-refractivity contribution in [3.05, 3.63) is 47.0 Å². The van der Waals surface area contributed by atoms with Crippen molar-refractivity contribution in [1.29, 1.82) is 0 Å². The summed E-state index contributed by atoms with van der Waals surface area (Å²) in [5, 5.41) is 4.55. The second-order valence-electron chi connectivity index (χ2n) is 4.73. The SMILES string of the molecule is COc1cccc2c(=O)n([C@H](C)c3ncnn3C)cnc12. The number of rotatable bonds is 3. The highest BCUT2D eigenvalue weighted by Crippen LogP contribution is 2.21. The van der Waals surface area contributed by atoms with Crippen molar-refractivity contribution >= 4 is 10.9 Å². The fourth-order valence-electron chi connectivity index (χ4n) is 2.39. The highest BCUT2D eigenvalue weighted by molar-refractivity contribution is 5.83. The molecule has 0 amide bonds. The Morgan fingerprint density at radius 1 is 1.29 bits per heavy atom. The molecular formula is C14H15N5O2. The Bertz CT molecular complexity index is 852. The van der Waals surface area contributed by atoms with Crippen LogP contribution in [-0.4, -0.2) is 31.4 Å². The van der Waals surface area contributed by atoms with Crippen molar-refractivity contribution in [1.82, 2.24) is 24.3 Å². The van der Waals surface area contributed by atoms with E-state index in [2.05, 4.69) is 15.1 Å². The predicted molar refractivity (Wildman–Crippen MR) is 77.4 cm³/mol. The van der Waals surface area contributed by atoms with Crippen molar-refractivity contribution in [2.45, 2.75) is 13.0 Å². The van der Waals surface area contributed by atoms with Gasteiger partial charge in [-0.05, 0) is 19.1 Å². The van der Waals surface area contributed by atoms with E-state index in [1.165, 1.54) is 12.7 Å². The predicted octanol–water partition coefficient (Wildman–Crippen LogP) is 1.14. The number of benzene rings is 1. The molecule has 7 heteroatoms. The number of methoxy groups -OCH3 is 1. The van der Waals surface area contributed by atoms with Gasteiger partial charge in [0.05, 0.1) is 24.9 Å². The lowest BCUT2D eigenvalue weighted by atomic mass is 10.2. The number of aromatic nitrogens is 5. The van der Waals surface area contributed by atoms with Gasteiger partial charge in [-0.25, -0.2) is 9.97 Å². The molecule has 0 aliphatic rings. The number of nitrogens with zero attached hydrogens (tertiary/aromatic N) is 5. The first-order valence-electron chi connectivity index (χ1n) is 6.51. The van der Waals surface area contributed by atoms with Crippen LogP contribution in [0.2, 0.25) is 0 Å². The van der Waals surface area contributed by atoms with Gasteiger partial charge in [0.15, 0.2) is 0 Å². The zero-order chi connectivity index (χ0) is 15.0. The minimum atomic E-state index is -0.256. The summed E-state index contributed by atoms with van der Waals surface area (Å²) in [4.78, 5) is 21.2. The first-order chi connectivity index (χ1) is 10.1. The molecule has 3 rings (SSSR count). The third-order valence-electron chi connectivity index (χ3n) is 3.53. The van der Waals surface area contributed by atoms with E-state index in [0.29, 0.717) is 22.5 Å². The van der Waals surface area contributed by atoms with Gasteiger partial charge in [0.1, 0.15) is 23.4 Å². The van der Waals surface area contributed by atoms with Gasteiger partial charge >= 0.3 is 0 Å². The molecule has 2 aromatic heterocycles. The molecule has 0 N–H and O–H groups in total. The highest BCUT2D eigenvalue weighted by atomic mass is 16.5. The van der Waals surface area contributed by atoms with Crippen LogP contribution in [0.25, 0.3) is 10.9 Å². The van der Waals surface area contributed by atoms with Crippen LogP contribution in [0.3, 0.4) is 0 Å². The number of hydrogen-bond donors (Lipinski definition) is 0. The zero-order valence-corrected chi connectivity index (χ0v) is 12.0. The van der Waals surface area contributed by atoms with E-state index < -0.39 is 0 Å². The first-order valence-corrected chi connectivity index (χ1v) is 6.51. The summed E-state index contributed by atoms with van der Waals surface area (Å²) in [7, 11) is 3.35. The van der Waals surface area contributed by atoms with Gasteiger partial charge in [0, 0.05) is 7.05 Å². The van der Waals surface area contributed by atoms with Crippen molar-refractivity contribution in [3.63, 3.8) is 0 Å². The Labute approximate surface area is 120 Å². The average molecular weight is 285 g/mol. The molecule has 2 heterocycles. The third kappa shape index (κ3) is 2.06. The summed E-state index contributed by atoms with van der Waals surface area (Å²) in [5.74, 6) is 1.28. The lowest BCUT2D eigenvalue weighted by molar-refractivity contribution is 0.418. The molecule has 1 aromatic carbocycles. The van der Waals surface area contributed by atoms with E-state index in [1.54, 1.807) is 41.6 Å². The van der Waals surface area contributed by atoms with Crippen LogP contribution in [0.4, 0.5) is 0 Å². The van der Waals surface area contributed by atoms with Gasteiger partial charge in [-0.1, -0.05) is 6.07 Å². The molecule has 0 radical (unpaired) electrons. The van der Waals surface area contributed by atoms with Gasteiger partial charge < -0.3 is 4.74 Å². The fraction of sp³-hybridized carbons (Fsp3) is 0.286. The minimum absolute atomic E-state index is 0.130. The van der Waals surface area contributed by atoms with Crippen molar-refractivity contribution in [2.75, 3.05) is 7.11 Å². The molecule has 108 valence electrons. The van der Waals surface area contributed by atoms with E-state index in [9.17, 15) is 4.79 Å². The van der Waals surface area contributed by atoms with Gasteiger partial charge in [-0.3, -0.25) is 14.0 Å². The highest BCUT2D eigenvalue weighted by Gasteiger charge is 2.17. The number of fused-ring (bicyclic) bond motifs is 1. The molecule has 0 unspecified atom stereocenters. The molecule has 1 atom stereocenters. The van der Waals surface area contributed by atoms with E-state index in [1.807, 2.05) is 6.92 Å². The molecule has 7 nitrogen and oxygen atoms in total. The van der Waals surface area contributed by atoms with Crippen molar-refractivity contribution < 1.29 is 4.74 Å². The number of aryl methyl sites for hydroxylation is 1. The Morgan fingerprint density at radius 2 is 2.10 bits per heavy atom. The Morgan fingerprint density at radius 3 is 2.76 bits per heavy atom. The van der Waals surface area contributed by atoms with Crippen LogP contribution in [0.5, 0.6) is 5.75 Å². The summed E-state index contributed by atoms with van der Waals surface area (Å²) in [6.07, 6.45) is 2.99. The maximum absolute atomic E-state index is 12.7. The second kappa shape index (κ2) is 5.01. The molecule has 0 fully saturated rings. The largest absolute Gasteiger partial charge is 0.494 e.